The molecule has 0 saturated heterocycles. The van der Waals surface area contributed by atoms with Crippen LogP contribution in [0.3, 0.4) is 0 Å². The van der Waals surface area contributed by atoms with Gasteiger partial charge in [-0.2, -0.15) is 0 Å². The lowest BCUT2D eigenvalue weighted by atomic mass is 9.87. The van der Waals surface area contributed by atoms with Crippen LogP contribution in [0.5, 0.6) is 11.5 Å². The molecule has 0 aliphatic heterocycles. The van der Waals surface area contributed by atoms with Crippen LogP contribution < -0.4 is 10.1 Å². The quantitative estimate of drug-likeness (QED) is 0.879. The van der Waals surface area contributed by atoms with Crippen molar-refractivity contribution in [3.05, 3.63) is 53.6 Å². The second-order valence-electron chi connectivity index (χ2n) is 6.19. The molecule has 3 heteroatoms. The summed E-state index contributed by atoms with van der Waals surface area (Å²) in [5.41, 5.74) is 3.63. The van der Waals surface area contributed by atoms with Gasteiger partial charge in [0.2, 0.25) is 0 Å². The van der Waals surface area contributed by atoms with Gasteiger partial charge in [-0.05, 0) is 40.8 Å². The van der Waals surface area contributed by atoms with E-state index in [9.17, 15) is 5.11 Å². The minimum atomic E-state index is 0.163. The van der Waals surface area contributed by atoms with Gasteiger partial charge in [0.25, 0.3) is 0 Å². The summed E-state index contributed by atoms with van der Waals surface area (Å²) in [6.45, 7) is 7.31. The number of rotatable bonds is 4. The van der Waals surface area contributed by atoms with E-state index in [1.54, 1.807) is 13.2 Å². The molecule has 21 heavy (non-hydrogen) atoms. The predicted molar refractivity (Wildman–Crippen MR) is 87.1 cm³/mol. The molecule has 0 unspecified atom stereocenters. The molecule has 0 aliphatic rings. The molecule has 0 bridgehead atoms. The predicted octanol–water partition coefficient (Wildman–Crippen LogP) is 4.31. The zero-order chi connectivity index (χ0) is 15.5. The zero-order valence-electron chi connectivity index (χ0n) is 13.1. The van der Waals surface area contributed by atoms with Crippen LogP contribution in [0.15, 0.2) is 42.5 Å². The highest BCUT2D eigenvalue weighted by Gasteiger charge is 2.12. The number of hydrogen-bond acceptors (Lipinski definition) is 3. The Labute approximate surface area is 126 Å². The Balaban J connectivity index is 2.03. The van der Waals surface area contributed by atoms with E-state index in [0.717, 1.165) is 11.3 Å². The molecule has 2 aromatic carbocycles. The fourth-order valence-corrected chi connectivity index (χ4v) is 2.12. The van der Waals surface area contributed by atoms with Crippen LogP contribution in [0, 0.1) is 0 Å². The fraction of sp³-hybridized carbons (Fsp3) is 0.333. The van der Waals surface area contributed by atoms with Crippen molar-refractivity contribution in [1.82, 2.24) is 0 Å². The first-order valence-corrected chi connectivity index (χ1v) is 7.10. The number of benzene rings is 2. The molecule has 112 valence electrons. The lowest BCUT2D eigenvalue weighted by molar-refractivity contribution is 0.373. The van der Waals surface area contributed by atoms with Crippen LogP contribution in [0.2, 0.25) is 0 Å². The summed E-state index contributed by atoms with van der Waals surface area (Å²) in [4.78, 5) is 0. The monoisotopic (exact) mass is 285 g/mol. The molecule has 2 rings (SSSR count). The third kappa shape index (κ3) is 3.91. The lowest BCUT2D eigenvalue weighted by Crippen LogP contribution is -2.10. The Morgan fingerprint density at radius 1 is 1.05 bits per heavy atom. The number of phenolic OH excluding ortho intramolecular Hbond substituents is 1. The van der Waals surface area contributed by atoms with Gasteiger partial charge in [-0.25, -0.2) is 0 Å². The zero-order valence-corrected chi connectivity index (χ0v) is 13.1. The average Bonchev–Trinajstić information content (AvgIpc) is 2.46. The third-order valence-corrected chi connectivity index (χ3v) is 3.49. The van der Waals surface area contributed by atoms with Gasteiger partial charge in [0.15, 0.2) is 11.5 Å². The highest BCUT2D eigenvalue weighted by molar-refractivity contribution is 5.48. The van der Waals surface area contributed by atoms with Crippen LogP contribution in [-0.4, -0.2) is 12.2 Å². The van der Waals surface area contributed by atoms with Crippen molar-refractivity contribution >= 4 is 5.69 Å². The molecule has 0 heterocycles. The number of phenols is 1. The number of anilines is 1. The summed E-state index contributed by atoms with van der Waals surface area (Å²) in [5, 5.41) is 13.0. The molecule has 0 saturated carbocycles. The molecular weight excluding hydrogens is 262 g/mol. The van der Waals surface area contributed by atoms with E-state index in [2.05, 4.69) is 50.4 Å². The van der Waals surface area contributed by atoms with Crippen molar-refractivity contribution in [3.63, 3.8) is 0 Å². The topological polar surface area (TPSA) is 41.5 Å². The first-order chi connectivity index (χ1) is 9.90. The standard InChI is InChI=1S/C18H23NO2/c1-18(2,3)14-6-8-15(9-7-14)19-12-13-5-10-16(20)17(11-13)21-4/h5-11,19-20H,12H2,1-4H3. The number of ether oxygens (including phenoxy) is 1. The first-order valence-electron chi connectivity index (χ1n) is 7.10. The highest BCUT2D eigenvalue weighted by atomic mass is 16.5. The van der Waals surface area contributed by atoms with Crippen LogP contribution >= 0.6 is 0 Å². The first kappa shape index (κ1) is 15.2. The van der Waals surface area contributed by atoms with Crippen LogP contribution in [0.4, 0.5) is 5.69 Å². The van der Waals surface area contributed by atoms with E-state index in [1.165, 1.54) is 5.56 Å². The largest absolute Gasteiger partial charge is 0.504 e. The Morgan fingerprint density at radius 3 is 2.29 bits per heavy atom. The van der Waals surface area contributed by atoms with Crippen molar-refractivity contribution in [2.24, 2.45) is 0 Å². The molecule has 2 N–H and O–H groups in total. The van der Waals surface area contributed by atoms with Gasteiger partial charge in [0.05, 0.1) is 7.11 Å². The van der Waals surface area contributed by atoms with Crippen molar-refractivity contribution in [1.29, 1.82) is 0 Å². The van der Waals surface area contributed by atoms with Crippen molar-refractivity contribution in [3.8, 4) is 11.5 Å². The van der Waals surface area contributed by atoms with E-state index in [0.29, 0.717) is 12.3 Å². The third-order valence-electron chi connectivity index (χ3n) is 3.49. The van der Waals surface area contributed by atoms with E-state index < -0.39 is 0 Å². The maximum absolute atomic E-state index is 9.58. The molecule has 2 aromatic rings. The second-order valence-corrected chi connectivity index (χ2v) is 6.19. The maximum atomic E-state index is 9.58. The summed E-state index contributed by atoms with van der Waals surface area (Å²) < 4.78 is 5.11. The van der Waals surface area contributed by atoms with Gasteiger partial charge >= 0.3 is 0 Å². The summed E-state index contributed by atoms with van der Waals surface area (Å²) in [5.74, 6) is 0.660. The maximum Gasteiger partial charge on any atom is 0.160 e. The van der Waals surface area contributed by atoms with Crippen LogP contribution in [-0.2, 0) is 12.0 Å². The Hall–Kier alpha value is -2.16. The molecule has 0 radical (unpaired) electrons. The molecule has 0 aliphatic carbocycles. The minimum absolute atomic E-state index is 0.163. The molecule has 0 atom stereocenters. The van der Waals surface area contributed by atoms with Crippen molar-refractivity contribution in [2.45, 2.75) is 32.7 Å². The Bertz CT molecular complexity index is 598. The summed E-state index contributed by atoms with van der Waals surface area (Å²) in [7, 11) is 1.55. The summed E-state index contributed by atoms with van der Waals surface area (Å²) in [6, 6.07) is 13.9. The van der Waals surface area contributed by atoms with Gasteiger partial charge in [-0.15, -0.1) is 0 Å². The Kier molecular flexibility index (Phi) is 4.41. The van der Waals surface area contributed by atoms with Gasteiger partial charge in [-0.3, -0.25) is 0 Å². The minimum Gasteiger partial charge on any atom is -0.504 e. The van der Waals surface area contributed by atoms with Crippen LogP contribution in [0.25, 0.3) is 0 Å². The van der Waals surface area contributed by atoms with Gasteiger partial charge in [0, 0.05) is 12.2 Å². The van der Waals surface area contributed by atoms with Gasteiger partial charge < -0.3 is 15.2 Å². The smallest absolute Gasteiger partial charge is 0.160 e. The number of nitrogens with one attached hydrogen (secondary N) is 1. The molecule has 3 nitrogen and oxygen atoms in total. The van der Waals surface area contributed by atoms with Crippen molar-refractivity contribution < 1.29 is 9.84 Å². The normalized spacial score (nSPS) is 11.2. The lowest BCUT2D eigenvalue weighted by Gasteiger charge is -2.19. The second kappa shape index (κ2) is 6.08. The average molecular weight is 285 g/mol. The summed E-state index contributed by atoms with van der Waals surface area (Å²) in [6.07, 6.45) is 0. The van der Waals surface area contributed by atoms with Crippen LogP contribution in [0.1, 0.15) is 31.9 Å². The van der Waals surface area contributed by atoms with Crippen molar-refractivity contribution in [2.75, 3.05) is 12.4 Å². The SMILES string of the molecule is COc1cc(CNc2ccc(C(C)(C)C)cc2)ccc1O. The molecule has 0 aromatic heterocycles. The number of hydrogen-bond donors (Lipinski definition) is 2. The van der Waals surface area contributed by atoms with E-state index in [1.807, 2.05) is 12.1 Å². The summed E-state index contributed by atoms with van der Waals surface area (Å²) >= 11 is 0. The number of aromatic hydroxyl groups is 1. The van der Waals surface area contributed by atoms with Gasteiger partial charge in [-0.1, -0.05) is 39.0 Å². The number of methoxy groups -OCH3 is 1. The Morgan fingerprint density at radius 2 is 1.71 bits per heavy atom. The molecule has 0 fully saturated rings. The van der Waals surface area contributed by atoms with E-state index in [-0.39, 0.29) is 11.2 Å². The molecule has 0 spiro atoms. The van der Waals surface area contributed by atoms with E-state index in [4.69, 9.17) is 4.74 Å². The molecular formula is C18H23NO2. The highest BCUT2D eigenvalue weighted by Crippen LogP contribution is 2.27. The molecule has 0 amide bonds. The van der Waals surface area contributed by atoms with E-state index >= 15 is 0 Å². The fourth-order valence-electron chi connectivity index (χ4n) is 2.12. The van der Waals surface area contributed by atoms with Gasteiger partial charge in [0.1, 0.15) is 0 Å².